The first kappa shape index (κ1) is 14.5. The molecule has 100 valence electrons. The molecule has 1 aliphatic rings. The van der Waals surface area contributed by atoms with Gasteiger partial charge in [-0.1, -0.05) is 6.42 Å². The molecule has 1 rings (SSSR count). The van der Waals surface area contributed by atoms with Gasteiger partial charge in [-0.25, -0.2) is 0 Å². The fraction of sp³-hybridized carbons (Fsp3) is 0.923. The Morgan fingerprint density at radius 3 is 2.53 bits per heavy atom. The van der Waals surface area contributed by atoms with E-state index in [4.69, 9.17) is 10.8 Å². The van der Waals surface area contributed by atoms with E-state index in [1.54, 1.807) is 0 Å². The third-order valence-corrected chi connectivity index (χ3v) is 3.49. The third kappa shape index (κ3) is 5.04. The van der Waals surface area contributed by atoms with Crippen molar-refractivity contribution >= 4 is 5.91 Å². The number of carbonyl (C=O) groups excluding carboxylic acids is 1. The molecule has 0 spiro atoms. The lowest BCUT2D eigenvalue weighted by atomic mass is 9.91. The second-order valence-corrected chi connectivity index (χ2v) is 4.85. The highest BCUT2D eigenvalue weighted by Crippen LogP contribution is 2.25. The van der Waals surface area contributed by atoms with Crippen LogP contribution in [0.3, 0.4) is 0 Å². The zero-order chi connectivity index (χ0) is 12.5. The average molecular weight is 242 g/mol. The molecule has 0 aromatic rings. The van der Waals surface area contributed by atoms with Crippen LogP contribution in [0, 0.1) is 0 Å². The second-order valence-electron chi connectivity index (χ2n) is 4.85. The predicted octanol–water partition coefficient (Wildman–Crippen LogP) is 1.27. The Morgan fingerprint density at radius 1 is 1.24 bits per heavy atom. The van der Waals surface area contributed by atoms with Crippen LogP contribution in [0.25, 0.3) is 0 Å². The number of aliphatic hydroxyl groups is 1. The van der Waals surface area contributed by atoms with E-state index in [1.807, 2.05) is 4.90 Å². The van der Waals surface area contributed by atoms with Crippen LogP contribution >= 0.6 is 0 Å². The third-order valence-electron chi connectivity index (χ3n) is 3.49. The van der Waals surface area contributed by atoms with E-state index < -0.39 is 0 Å². The van der Waals surface area contributed by atoms with Crippen LogP contribution in [0.4, 0.5) is 0 Å². The first-order chi connectivity index (χ1) is 8.29. The average Bonchev–Trinajstić information content (AvgIpc) is 2.27. The maximum absolute atomic E-state index is 12.1. The number of nitrogens with zero attached hydrogens (tertiary/aromatic N) is 1. The van der Waals surface area contributed by atoms with Crippen molar-refractivity contribution in [1.82, 2.24) is 4.90 Å². The van der Waals surface area contributed by atoms with Gasteiger partial charge in [-0.3, -0.25) is 4.79 Å². The summed E-state index contributed by atoms with van der Waals surface area (Å²) in [7, 11) is 0. The summed E-state index contributed by atoms with van der Waals surface area (Å²) < 4.78 is 0. The molecule has 0 saturated heterocycles. The van der Waals surface area contributed by atoms with Crippen molar-refractivity contribution in [3.8, 4) is 0 Å². The number of amides is 1. The first-order valence-electron chi connectivity index (χ1n) is 6.90. The molecule has 4 nitrogen and oxygen atoms in total. The van der Waals surface area contributed by atoms with E-state index in [0.717, 1.165) is 38.6 Å². The quantitative estimate of drug-likeness (QED) is 0.598. The van der Waals surface area contributed by atoms with Crippen molar-refractivity contribution < 1.29 is 9.90 Å². The standard InChI is InChI=1S/C13H26N2O2/c14-9-3-1-2-8-13(17)15(10-5-11-16)12-6-4-7-12/h12,16H,1-11,14H2. The van der Waals surface area contributed by atoms with Gasteiger partial charge in [0.25, 0.3) is 0 Å². The van der Waals surface area contributed by atoms with E-state index in [9.17, 15) is 4.79 Å². The van der Waals surface area contributed by atoms with Crippen LogP contribution in [-0.4, -0.2) is 41.7 Å². The molecule has 0 radical (unpaired) electrons. The van der Waals surface area contributed by atoms with E-state index in [1.165, 1.54) is 6.42 Å². The number of aliphatic hydroxyl groups excluding tert-OH is 1. The van der Waals surface area contributed by atoms with Gasteiger partial charge in [0.15, 0.2) is 0 Å². The van der Waals surface area contributed by atoms with Gasteiger partial charge in [0.05, 0.1) is 0 Å². The number of carbonyl (C=O) groups is 1. The Kier molecular flexibility index (Phi) is 7.21. The number of hydrogen-bond acceptors (Lipinski definition) is 3. The molecule has 1 saturated carbocycles. The van der Waals surface area contributed by atoms with Crippen molar-refractivity contribution in [2.75, 3.05) is 19.7 Å². The maximum Gasteiger partial charge on any atom is 0.222 e. The van der Waals surface area contributed by atoms with Crippen molar-refractivity contribution in [2.45, 2.75) is 57.4 Å². The summed E-state index contributed by atoms with van der Waals surface area (Å²) in [4.78, 5) is 14.0. The smallest absolute Gasteiger partial charge is 0.222 e. The second kappa shape index (κ2) is 8.48. The topological polar surface area (TPSA) is 66.6 Å². The molecule has 0 heterocycles. The van der Waals surface area contributed by atoms with Gasteiger partial charge < -0.3 is 15.7 Å². The van der Waals surface area contributed by atoms with Crippen LogP contribution in [0.1, 0.15) is 51.4 Å². The minimum atomic E-state index is 0.170. The molecule has 3 N–H and O–H groups in total. The van der Waals surface area contributed by atoms with Gasteiger partial charge >= 0.3 is 0 Å². The molecule has 1 fully saturated rings. The summed E-state index contributed by atoms with van der Waals surface area (Å²) in [6, 6.07) is 0.448. The summed E-state index contributed by atoms with van der Waals surface area (Å²) in [6.45, 7) is 1.60. The van der Waals surface area contributed by atoms with Crippen LogP contribution in [0.5, 0.6) is 0 Å². The lowest BCUT2D eigenvalue weighted by Gasteiger charge is -2.37. The summed E-state index contributed by atoms with van der Waals surface area (Å²) in [5.74, 6) is 0.264. The summed E-state index contributed by atoms with van der Waals surface area (Å²) in [5, 5.41) is 8.86. The van der Waals surface area contributed by atoms with Crippen molar-refractivity contribution in [3.05, 3.63) is 0 Å². The molecule has 1 aliphatic carbocycles. The normalized spacial score (nSPS) is 15.6. The van der Waals surface area contributed by atoms with Gasteiger partial charge in [-0.15, -0.1) is 0 Å². The monoisotopic (exact) mass is 242 g/mol. The first-order valence-corrected chi connectivity index (χ1v) is 6.90. The van der Waals surface area contributed by atoms with Crippen LogP contribution in [-0.2, 0) is 4.79 Å². The van der Waals surface area contributed by atoms with E-state index in [0.29, 0.717) is 25.4 Å². The largest absolute Gasteiger partial charge is 0.396 e. The zero-order valence-corrected chi connectivity index (χ0v) is 10.7. The molecule has 0 aliphatic heterocycles. The van der Waals surface area contributed by atoms with Gasteiger partial charge in [0, 0.05) is 25.6 Å². The minimum Gasteiger partial charge on any atom is -0.396 e. The van der Waals surface area contributed by atoms with Crippen molar-refractivity contribution in [3.63, 3.8) is 0 Å². The highest BCUT2D eigenvalue weighted by Gasteiger charge is 2.27. The fourth-order valence-corrected chi connectivity index (χ4v) is 2.19. The lowest BCUT2D eigenvalue weighted by Crippen LogP contribution is -2.44. The highest BCUT2D eigenvalue weighted by atomic mass is 16.3. The molecule has 17 heavy (non-hydrogen) atoms. The van der Waals surface area contributed by atoms with Gasteiger partial charge in [0.2, 0.25) is 5.91 Å². The van der Waals surface area contributed by atoms with Crippen molar-refractivity contribution in [2.24, 2.45) is 5.73 Å². The van der Waals surface area contributed by atoms with E-state index in [2.05, 4.69) is 0 Å². The van der Waals surface area contributed by atoms with Crippen LogP contribution in [0.2, 0.25) is 0 Å². The zero-order valence-electron chi connectivity index (χ0n) is 10.7. The molecule has 4 heteroatoms. The molecule has 1 amide bonds. The molecule has 0 atom stereocenters. The van der Waals surface area contributed by atoms with Crippen LogP contribution < -0.4 is 5.73 Å². The Balaban J connectivity index is 2.26. The molecule has 0 aromatic carbocycles. The molecular formula is C13H26N2O2. The lowest BCUT2D eigenvalue weighted by molar-refractivity contribution is -0.135. The number of hydrogen-bond donors (Lipinski definition) is 2. The number of rotatable bonds is 9. The Hall–Kier alpha value is -0.610. The summed E-state index contributed by atoms with van der Waals surface area (Å²) in [5.41, 5.74) is 5.43. The van der Waals surface area contributed by atoms with Gasteiger partial charge in [0.1, 0.15) is 0 Å². The molecular weight excluding hydrogens is 216 g/mol. The number of unbranched alkanes of at least 4 members (excludes halogenated alkanes) is 2. The highest BCUT2D eigenvalue weighted by molar-refractivity contribution is 5.76. The number of nitrogens with two attached hydrogens (primary N) is 1. The summed E-state index contributed by atoms with van der Waals surface area (Å²) >= 11 is 0. The fourth-order valence-electron chi connectivity index (χ4n) is 2.19. The minimum absolute atomic E-state index is 0.170. The SMILES string of the molecule is NCCCCCC(=O)N(CCCO)C1CCC1. The van der Waals surface area contributed by atoms with E-state index in [-0.39, 0.29) is 12.5 Å². The summed E-state index contributed by atoms with van der Waals surface area (Å²) in [6.07, 6.45) is 7.85. The molecule has 0 aromatic heterocycles. The Labute approximate surface area is 104 Å². The predicted molar refractivity (Wildman–Crippen MR) is 68.6 cm³/mol. The van der Waals surface area contributed by atoms with Crippen molar-refractivity contribution in [1.29, 1.82) is 0 Å². The Morgan fingerprint density at radius 2 is 2.00 bits per heavy atom. The molecule has 0 bridgehead atoms. The van der Waals surface area contributed by atoms with Gasteiger partial charge in [-0.2, -0.15) is 0 Å². The Bertz CT molecular complexity index is 217. The molecule has 0 unspecified atom stereocenters. The van der Waals surface area contributed by atoms with Gasteiger partial charge in [-0.05, 0) is 45.1 Å². The van der Waals surface area contributed by atoms with Crippen LogP contribution in [0.15, 0.2) is 0 Å². The maximum atomic E-state index is 12.1. The van der Waals surface area contributed by atoms with E-state index >= 15 is 0 Å².